The summed E-state index contributed by atoms with van der Waals surface area (Å²) in [5, 5.41) is 8.09. The summed E-state index contributed by atoms with van der Waals surface area (Å²) in [4.78, 5) is 0. The molecule has 0 unspecified atom stereocenters. The Morgan fingerprint density at radius 2 is 1.94 bits per heavy atom. The van der Waals surface area contributed by atoms with Gasteiger partial charge in [-0.25, -0.2) is 0 Å². The predicted molar refractivity (Wildman–Crippen MR) is 74.9 cm³/mol. The van der Waals surface area contributed by atoms with Gasteiger partial charge >= 0.3 is 0 Å². The lowest BCUT2D eigenvalue weighted by atomic mass is 10.1. The number of nitrogens with one attached hydrogen (secondary N) is 1. The van der Waals surface area contributed by atoms with E-state index in [1.54, 1.807) is 7.11 Å². The van der Waals surface area contributed by atoms with Crippen molar-refractivity contribution in [2.45, 2.75) is 53.1 Å². The molecule has 104 valence electrons. The van der Waals surface area contributed by atoms with Crippen LogP contribution in [0.2, 0.25) is 0 Å². The summed E-state index contributed by atoms with van der Waals surface area (Å²) in [5.74, 6) is 0. The second kappa shape index (κ2) is 7.54. The molecule has 0 bridgehead atoms. The van der Waals surface area contributed by atoms with E-state index in [1.165, 1.54) is 11.3 Å². The lowest BCUT2D eigenvalue weighted by molar-refractivity contribution is 0.199. The highest BCUT2D eigenvalue weighted by Crippen LogP contribution is 2.21. The second-order valence-corrected chi connectivity index (χ2v) is 4.73. The highest BCUT2D eigenvalue weighted by molar-refractivity contribution is 5.24. The van der Waals surface area contributed by atoms with E-state index in [1.807, 2.05) is 0 Å². The molecule has 0 radical (unpaired) electrons. The second-order valence-electron chi connectivity index (χ2n) is 4.73. The first-order valence-electron chi connectivity index (χ1n) is 6.89. The molecule has 0 aliphatic heterocycles. The number of aryl methyl sites for hydroxylation is 1. The molecule has 1 rings (SSSR count). The fourth-order valence-corrected chi connectivity index (χ4v) is 2.33. The van der Waals surface area contributed by atoms with Crippen LogP contribution in [0.25, 0.3) is 0 Å². The van der Waals surface area contributed by atoms with Crippen LogP contribution in [-0.2, 0) is 11.3 Å². The van der Waals surface area contributed by atoms with Gasteiger partial charge in [-0.15, -0.1) is 0 Å². The largest absolute Gasteiger partial charge is 0.383 e. The zero-order chi connectivity index (χ0) is 13.5. The Morgan fingerprint density at radius 3 is 2.50 bits per heavy atom. The Labute approximate surface area is 111 Å². The van der Waals surface area contributed by atoms with Crippen molar-refractivity contribution in [3.8, 4) is 0 Å². The number of nitrogens with zero attached hydrogens (tertiary/aromatic N) is 2. The molecule has 0 spiro atoms. The first-order chi connectivity index (χ1) is 8.65. The van der Waals surface area contributed by atoms with Crippen molar-refractivity contribution >= 4 is 0 Å². The number of ether oxygens (including phenoxy) is 1. The highest BCUT2D eigenvalue weighted by Gasteiger charge is 2.15. The van der Waals surface area contributed by atoms with Crippen LogP contribution in [0, 0.1) is 13.8 Å². The van der Waals surface area contributed by atoms with Crippen LogP contribution in [0.3, 0.4) is 0 Å². The molecule has 0 saturated heterocycles. The summed E-state index contributed by atoms with van der Waals surface area (Å²) < 4.78 is 7.23. The molecule has 0 amide bonds. The van der Waals surface area contributed by atoms with Crippen molar-refractivity contribution in [3.63, 3.8) is 0 Å². The van der Waals surface area contributed by atoms with Crippen molar-refractivity contribution in [2.75, 3.05) is 20.3 Å². The van der Waals surface area contributed by atoms with Gasteiger partial charge in [-0.1, -0.05) is 13.8 Å². The van der Waals surface area contributed by atoms with Crippen LogP contribution in [0.1, 0.15) is 49.7 Å². The van der Waals surface area contributed by atoms with E-state index in [4.69, 9.17) is 9.84 Å². The Balaban J connectivity index is 2.74. The maximum Gasteiger partial charge on any atom is 0.0641 e. The molecule has 0 aliphatic carbocycles. The molecule has 0 atom stereocenters. The van der Waals surface area contributed by atoms with Crippen molar-refractivity contribution in [2.24, 2.45) is 0 Å². The number of methoxy groups -OCH3 is 1. The third-order valence-corrected chi connectivity index (χ3v) is 3.55. The van der Waals surface area contributed by atoms with Crippen LogP contribution in [-0.4, -0.2) is 30.0 Å². The van der Waals surface area contributed by atoms with Gasteiger partial charge in [0.05, 0.1) is 18.3 Å². The Bertz CT molecular complexity index is 356. The third-order valence-electron chi connectivity index (χ3n) is 3.55. The maximum atomic E-state index is 5.04. The molecule has 0 aliphatic rings. The minimum absolute atomic E-state index is 0.524. The van der Waals surface area contributed by atoms with Gasteiger partial charge in [-0.05, 0) is 26.7 Å². The topological polar surface area (TPSA) is 39.1 Å². The van der Waals surface area contributed by atoms with Gasteiger partial charge in [-0.2, -0.15) is 5.10 Å². The highest BCUT2D eigenvalue weighted by atomic mass is 16.5. The Hall–Kier alpha value is -0.870. The van der Waals surface area contributed by atoms with Gasteiger partial charge in [-0.3, -0.25) is 4.68 Å². The van der Waals surface area contributed by atoms with E-state index in [9.17, 15) is 0 Å². The molecule has 0 aromatic carbocycles. The molecule has 18 heavy (non-hydrogen) atoms. The zero-order valence-corrected chi connectivity index (χ0v) is 12.4. The molecule has 1 N–H and O–H groups in total. The summed E-state index contributed by atoms with van der Waals surface area (Å²) in [7, 11) is 1.73. The molecule has 1 heterocycles. The smallest absolute Gasteiger partial charge is 0.0641 e. The normalized spacial score (nSPS) is 11.4. The molecule has 0 fully saturated rings. The van der Waals surface area contributed by atoms with Gasteiger partial charge in [0.2, 0.25) is 0 Å². The fraction of sp³-hybridized carbons (Fsp3) is 0.786. The van der Waals surface area contributed by atoms with Gasteiger partial charge in [0.1, 0.15) is 0 Å². The fourth-order valence-electron chi connectivity index (χ4n) is 2.33. The van der Waals surface area contributed by atoms with Crippen molar-refractivity contribution < 1.29 is 4.74 Å². The average Bonchev–Trinajstić information content (AvgIpc) is 2.64. The quantitative estimate of drug-likeness (QED) is 0.724. The Kier molecular flexibility index (Phi) is 6.36. The lowest BCUT2D eigenvalue weighted by Crippen LogP contribution is -2.19. The van der Waals surface area contributed by atoms with Gasteiger partial charge in [0.15, 0.2) is 0 Å². The van der Waals surface area contributed by atoms with E-state index in [-0.39, 0.29) is 0 Å². The molecule has 0 saturated carbocycles. The van der Waals surface area contributed by atoms with Crippen LogP contribution >= 0.6 is 0 Å². The number of rotatable bonds is 8. The summed E-state index contributed by atoms with van der Waals surface area (Å²) in [6.07, 6.45) is 2.27. The monoisotopic (exact) mass is 253 g/mol. The first kappa shape index (κ1) is 15.2. The van der Waals surface area contributed by atoms with E-state index in [0.717, 1.165) is 38.2 Å². The van der Waals surface area contributed by atoms with Crippen LogP contribution < -0.4 is 5.32 Å². The van der Waals surface area contributed by atoms with Gasteiger partial charge < -0.3 is 10.1 Å². The SMILES string of the molecule is CCC(CC)n1nc(C)c(CNCCOC)c1C. The Morgan fingerprint density at radius 1 is 1.28 bits per heavy atom. The number of hydrogen-bond donors (Lipinski definition) is 1. The van der Waals surface area contributed by atoms with Crippen molar-refractivity contribution in [1.82, 2.24) is 15.1 Å². The zero-order valence-electron chi connectivity index (χ0n) is 12.4. The minimum Gasteiger partial charge on any atom is -0.383 e. The maximum absolute atomic E-state index is 5.04. The molecule has 4 nitrogen and oxygen atoms in total. The molecular weight excluding hydrogens is 226 g/mol. The van der Waals surface area contributed by atoms with Gasteiger partial charge in [0, 0.05) is 31.5 Å². The molecule has 4 heteroatoms. The van der Waals surface area contributed by atoms with Crippen molar-refractivity contribution in [3.05, 3.63) is 17.0 Å². The standard InChI is InChI=1S/C14H27N3O/c1-6-13(7-2)17-12(4)14(11(3)16-17)10-15-8-9-18-5/h13,15H,6-10H2,1-5H3. The predicted octanol–water partition coefficient (Wildman–Crippen LogP) is 2.60. The number of hydrogen-bond acceptors (Lipinski definition) is 3. The molecule has 1 aromatic heterocycles. The summed E-state index contributed by atoms with van der Waals surface area (Å²) in [6.45, 7) is 11.2. The minimum atomic E-state index is 0.524. The average molecular weight is 253 g/mol. The molecular formula is C14H27N3O. The summed E-state index contributed by atoms with van der Waals surface area (Å²) >= 11 is 0. The van der Waals surface area contributed by atoms with E-state index in [2.05, 4.69) is 37.7 Å². The molecule has 1 aromatic rings. The van der Waals surface area contributed by atoms with Crippen LogP contribution in [0.15, 0.2) is 0 Å². The van der Waals surface area contributed by atoms with Crippen LogP contribution in [0.4, 0.5) is 0 Å². The van der Waals surface area contributed by atoms with E-state index in [0.29, 0.717) is 6.04 Å². The van der Waals surface area contributed by atoms with Gasteiger partial charge in [0.25, 0.3) is 0 Å². The van der Waals surface area contributed by atoms with Crippen molar-refractivity contribution in [1.29, 1.82) is 0 Å². The summed E-state index contributed by atoms with van der Waals surface area (Å²) in [5.41, 5.74) is 3.77. The van der Waals surface area contributed by atoms with E-state index < -0.39 is 0 Å². The third kappa shape index (κ3) is 3.56. The first-order valence-corrected chi connectivity index (χ1v) is 6.89. The van der Waals surface area contributed by atoms with E-state index >= 15 is 0 Å². The summed E-state index contributed by atoms with van der Waals surface area (Å²) in [6, 6.07) is 0.524. The van der Waals surface area contributed by atoms with Crippen LogP contribution in [0.5, 0.6) is 0 Å². The number of aromatic nitrogens is 2. The lowest BCUT2D eigenvalue weighted by Gasteiger charge is -2.15.